The first-order valence-electron chi connectivity index (χ1n) is 5.14. The fourth-order valence-electron chi connectivity index (χ4n) is 1.69. The highest BCUT2D eigenvalue weighted by Crippen LogP contribution is 2.27. The van der Waals surface area contributed by atoms with Gasteiger partial charge in [0.15, 0.2) is 0 Å². The van der Waals surface area contributed by atoms with E-state index >= 15 is 0 Å². The molecule has 1 fully saturated rings. The normalized spacial score (nSPS) is 17.8. The lowest BCUT2D eigenvalue weighted by Gasteiger charge is -2.38. The molecule has 2 rings (SSSR count). The van der Waals surface area contributed by atoms with E-state index in [0.717, 1.165) is 15.7 Å². The fourth-order valence-corrected chi connectivity index (χ4v) is 2.07. The lowest BCUT2D eigenvalue weighted by molar-refractivity contribution is -0.165. The molecule has 0 N–H and O–H groups in total. The van der Waals surface area contributed by atoms with E-state index in [1.807, 2.05) is 0 Å². The molecule has 1 aliphatic heterocycles. The molecule has 0 unspecified atom stereocenters. The maximum atomic E-state index is 12.6. The van der Waals surface area contributed by atoms with Crippen molar-refractivity contribution in [2.24, 2.45) is 0 Å². The molecular weight excluding hydrogens is 294 g/mol. The Kier molecular flexibility index (Phi) is 3.16. The molecule has 0 saturated carbocycles. The van der Waals surface area contributed by atoms with Crippen molar-refractivity contribution in [2.45, 2.75) is 19.3 Å². The Morgan fingerprint density at radius 3 is 2.82 bits per heavy atom. The Morgan fingerprint density at radius 2 is 2.24 bits per heavy atom. The first-order valence-corrected chi connectivity index (χ1v) is 5.93. The standard InChI is InChI=1S/C11H11BrF2N2O/c1-7-8(2-9(12)4-15-7)3-10(17)16-5-11(13,14)6-16/h2,4H,3,5-6H2,1H3. The monoisotopic (exact) mass is 304 g/mol. The fraction of sp³-hybridized carbons (Fsp3) is 0.455. The quantitative estimate of drug-likeness (QED) is 0.839. The zero-order chi connectivity index (χ0) is 12.6. The van der Waals surface area contributed by atoms with E-state index in [4.69, 9.17) is 0 Å². The number of hydrogen-bond acceptors (Lipinski definition) is 2. The summed E-state index contributed by atoms with van der Waals surface area (Å²) in [6.07, 6.45) is 1.76. The highest BCUT2D eigenvalue weighted by molar-refractivity contribution is 9.10. The Morgan fingerprint density at radius 1 is 1.59 bits per heavy atom. The molecular formula is C11H11BrF2N2O. The van der Waals surface area contributed by atoms with E-state index < -0.39 is 19.0 Å². The van der Waals surface area contributed by atoms with Crippen LogP contribution in [0.3, 0.4) is 0 Å². The van der Waals surface area contributed by atoms with Crippen LogP contribution in [0.1, 0.15) is 11.3 Å². The summed E-state index contributed by atoms with van der Waals surface area (Å²) in [5, 5.41) is 0. The molecule has 1 aliphatic rings. The van der Waals surface area contributed by atoms with Crippen molar-refractivity contribution in [3.63, 3.8) is 0 Å². The number of hydrogen-bond donors (Lipinski definition) is 0. The second-order valence-corrected chi connectivity index (χ2v) is 5.10. The van der Waals surface area contributed by atoms with Gasteiger partial charge in [0.2, 0.25) is 5.91 Å². The van der Waals surface area contributed by atoms with E-state index in [0.29, 0.717) is 0 Å². The molecule has 0 radical (unpaired) electrons. The van der Waals surface area contributed by atoms with E-state index in [1.54, 1.807) is 19.2 Å². The van der Waals surface area contributed by atoms with Crippen molar-refractivity contribution in [3.05, 3.63) is 28.0 Å². The van der Waals surface area contributed by atoms with Crippen LogP contribution in [-0.2, 0) is 11.2 Å². The predicted octanol–water partition coefficient (Wildman–Crippen LogP) is 2.17. The van der Waals surface area contributed by atoms with Crippen molar-refractivity contribution in [1.82, 2.24) is 9.88 Å². The smallest absolute Gasteiger partial charge is 0.282 e. The highest BCUT2D eigenvalue weighted by Gasteiger charge is 2.45. The third kappa shape index (κ3) is 2.80. The molecule has 1 aromatic rings. The zero-order valence-electron chi connectivity index (χ0n) is 9.21. The van der Waals surface area contributed by atoms with Crippen LogP contribution >= 0.6 is 15.9 Å². The van der Waals surface area contributed by atoms with Gasteiger partial charge in [0, 0.05) is 16.4 Å². The molecule has 92 valence electrons. The number of nitrogens with zero attached hydrogens (tertiary/aromatic N) is 2. The summed E-state index contributed by atoms with van der Waals surface area (Å²) in [6.45, 7) is 0.860. The number of aryl methyl sites for hydroxylation is 1. The summed E-state index contributed by atoms with van der Waals surface area (Å²) in [6, 6.07) is 1.79. The topological polar surface area (TPSA) is 33.2 Å². The second kappa shape index (κ2) is 4.33. The molecule has 0 aromatic carbocycles. The molecule has 0 aliphatic carbocycles. The predicted molar refractivity (Wildman–Crippen MR) is 61.9 cm³/mol. The van der Waals surface area contributed by atoms with Crippen molar-refractivity contribution in [1.29, 1.82) is 0 Å². The van der Waals surface area contributed by atoms with Gasteiger partial charge < -0.3 is 4.90 Å². The number of halogens is 3. The number of rotatable bonds is 2. The van der Waals surface area contributed by atoms with Gasteiger partial charge in [-0.2, -0.15) is 0 Å². The minimum atomic E-state index is -2.71. The van der Waals surface area contributed by atoms with E-state index in [2.05, 4.69) is 20.9 Å². The Hall–Kier alpha value is -1.04. The van der Waals surface area contributed by atoms with Gasteiger partial charge in [-0.15, -0.1) is 0 Å². The summed E-state index contributed by atoms with van der Waals surface area (Å²) >= 11 is 3.26. The maximum absolute atomic E-state index is 12.6. The first-order chi connectivity index (χ1) is 7.87. The Balaban J connectivity index is 2.02. The van der Waals surface area contributed by atoms with Gasteiger partial charge in [-0.3, -0.25) is 9.78 Å². The average Bonchev–Trinajstić information content (AvgIpc) is 2.20. The molecule has 1 aromatic heterocycles. The zero-order valence-corrected chi connectivity index (χ0v) is 10.8. The van der Waals surface area contributed by atoms with Gasteiger partial charge in [-0.25, -0.2) is 8.78 Å². The average molecular weight is 305 g/mol. The molecule has 0 bridgehead atoms. The Bertz CT molecular complexity index is 457. The third-order valence-electron chi connectivity index (χ3n) is 2.70. The number of alkyl halides is 2. The molecule has 1 amide bonds. The van der Waals surface area contributed by atoms with E-state index in [1.165, 1.54) is 4.90 Å². The van der Waals surface area contributed by atoms with Crippen LogP contribution in [0.5, 0.6) is 0 Å². The summed E-state index contributed by atoms with van der Waals surface area (Å²) in [5.74, 6) is -2.99. The van der Waals surface area contributed by atoms with Gasteiger partial charge in [-0.1, -0.05) is 0 Å². The number of pyridine rings is 1. The van der Waals surface area contributed by atoms with Gasteiger partial charge in [0.1, 0.15) is 0 Å². The maximum Gasteiger partial charge on any atom is 0.282 e. The van der Waals surface area contributed by atoms with Crippen molar-refractivity contribution in [2.75, 3.05) is 13.1 Å². The van der Waals surface area contributed by atoms with Crippen molar-refractivity contribution < 1.29 is 13.6 Å². The minimum Gasteiger partial charge on any atom is -0.330 e. The molecule has 6 heteroatoms. The van der Waals surface area contributed by atoms with Crippen molar-refractivity contribution in [3.8, 4) is 0 Å². The summed E-state index contributed by atoms with van der Waals surface area (Å²) < 4.78 is 26.0. The number of carbonyl (C=O) groups is 1. The molecule has 2 heterocycles. The third-order valence-corrected chi connectivity index (χ3v) is 3.13. The van der Waals surface area contributed by atoms with Gasteiger partial charge in [0.05, 0.1) is 19.5 Å². The number of likely N-dealkylation sites (tertiary alicyclic amines) is 1. The Labute approximate surface area is 106 Å². The van der Waals surface area contributed by atoms with E-state index in [9.17, 15) is 13.6 Å². The van der Waals surface area contributed by atoms with Crippen LogP contribution in [0.25, 0.3) is 0 Å². The van der Waals surface area contributed by atoms with Crippen LogP contribution in [0.15, 0.2) is 16.7 Å². The van der Waals surface area contributed by atoms with Crippen LogP contribution in [0, 0.1) is 6.92 Å². The highest BCUT2D eigenvalue weighted by atomic mass is 79.9. The van der Waals surface area contributed by atoms with Gasteiger partial charge in [-0.05, 0) is 34.5 Å². The number of carbonyl (C=O) groups excluding carboxylic acids is 1. The van der Waals surface area contributed by atoms with Crippen LogP contribution < -0.4 is 0 Å². The SMILES string of the molecule is Cc1ncc(Br)cc1CC(=O)N1CC(F)(F)C1. The van der Waals surface area contributed by atoms with Gasteiger partial charge in [0.25, 0.3) is 5.92 Å². The molecule has 3 nitrogen and oxygen atoms in total. The lowest BCUT2D eigenvalue weighted by Crippen LogP contribution is -2.58. The first kappa shape index (κ1) is 12.4. The van der Waals surface area contributed by atoms with Crippen LogP contribution in [0.2, 0.25) is 0 Å². The largest absolute Gasteiger partial charge is 0.330 e. The summed E-state index contributed by atoms with van der Waals surface area (Å²) in [7, 11) is 0. The summed E-state index contributed by atoms with van der Waals surface area (Å²) in [4.78, 5) is 17.0. The molecule has 17 heavy (non-hydrogen) atoms. The molecule has 1 saturated heterocycles. The van der Waals surface area contributed by atoms with Crippen LogP contribution in [-0.4, -0.2) is 34.8 Å². The summed E-state index contributed by atoms with van der Waals surface area (Å²) in [5.41, 5.74) is 1.51. The van der Waals surface area contributed by atoms with E-state index in [-0.39, 0.29) is 12.3 Å². The number of aromatic nitrogens is 1. The van der Waals surface area contributed by atoms with Crippen LogP contribution in [0.4, 0.5) is 8.78 Å². The molecule has 0 spiro atoms. The second-order valence-electron chi connectivity index (χ2n) is 4.18. The lowest BCUT2D eigenvalue weighted by atomic mass is 10.1. The number of amides is 1. The minimum absolute atomic E-state index is 0.119. The van der Waals surface area contributed by atoms with Gasteiger partial charge >= 0.3 is 0 Å². The molecule has 0 atom stereocenters. The van der Waals surface area contributed by atoms with Crippen molar-refractivity contribution >= 4 is 21.8 Å².